The summed E-state index contributed by atoms with van der Waals surface area (Å²) in [5.74, 6) is 1.99. The number of nitrogens with zero attached hydrogens (tertiary/aromatic N) is 1. The molecule has 2 aliphatic carbocycles. The lowest BCUT2D eigenvalue weighted by molar-refractivity contribution is -0.147. The van der Waals surface area contributed by atoms with Gasteiger partial charge in [-0.2, -0.15) is 0 Å². The molecule has 0 aromatic carbocycles. The highest BCUT2D eigenvalue weighted by Crippen LogP contribution is 2.62. The second-order valence-corrected chi connectivity index (χ2v) is 10.5. The van der Waals surface area contributed by atoms with Gasteiger partial charge in [0.05, 0.1) is 24.4 Å². The Morgan fingerprint density at radius 1 is 1.34 bits per heavy atom. The molecule has 1 aromatic rings. The Balaban J connectivity index is 1.24. The molecule has 5 rings (SSSR count). The van der Waals surface area contributed by atoms with Crippen LogP contribution in [0.25, 0.3) is 0 Å². The van der Waals surface area contributed by atoms with Crippen LogP contribution in [0.2, 0.25) is 0 Å². The third-order valence-electron chi connectivity index (χ3n) is 8.71. The Morgan fingerprint density at radius 3 is 2.90 bits per heavy atom. The maximum absolute atomic E-state index is 12.8. The van der Waals surface area contributed by atoms with Crippen LogP contribution in [-0.2, 0) is 20.7 Å². The molecule has 1 spiro atoms. The van der Waals surface area contributed by atoms with Gasteiger partial charge in [0.15, 0.2) is 0 Å². The molecule has 0 N–H and O–H groups in total. The second-order valence-electron chi connectivity index (χ2n) is 10.5. The maximum Gasteiger partial charge on any atom is 0.310 e. The summed E-state index contributed by atoms with van der Waals surface area (Å²) in [5.41, 5.74) is 0.393. The number of aryl methyl sites for hydroxylation is 1. The van der Waals surface area contributed by atoms with E-state index in [9.17, 15) is 4.79 Å². The van der Waals surface area contributed by atoms with E-state index in [1.165, 1.54) is 19.3 Å². The van der Waals surface area contributed by atoms with Gasteiger partial charge in [-0.05, 0) is 76.0 Å². The molecule has 2 saturated carbocycles. The molecule has 2 aliphatic heterocycles. The summed E-state index contributed by atoms with van der Waals surface area (Å²) in [5, 5.41) is 0. The van der Waals surface area contributed by atoms with E-state index >= 15 is 0 Å². The quantitative estimate of drug-likeness (QED) is 0.531. The largest absolute Gasteiger partial charge is 0.469 e. The summed E-state index contributed by atoms with van der Waals surface area (Å²) in [6, 6.07) is 4.37. The average Bonchev–Trinajstić information content (AvgIpc) is 3.13. The number of carbonyl (C=O) groups is 1. The Kier molecular flexibility index (Phi) is 4.82. The van der Waals surface area contributed by atoms with Gasteiger partial charge < -0.3 is 18.8 Å². The minimum absolute atomic E-state index is 0.00154. The highest BCUT2D eigenvalue weighted by molar-refractivity contribution is 5.75. The van der Waals surface area contributed by atoms with Gasteiger partial charge >= 0.3 is 5.97 Å². The number of fused-ring (bicyclic) bond motifs is 3. The molecule has 5 nitrogen and oxygen atoms in total. The van der Waals surface area contributed by atoms with Gasteiger partial charge in [0.2, 0.25) is 0 Å². The number of esters is 1. The van der Waals surface area contributed by atoms with E-state index in [0.717, 1.165) is 44.6 Å². The molecule has 5 heteroatoms. The summed E-state index contributed by atoms with van der Waals surface area (Å²) in [6.45, 7) is 6.37. The van der Waals surface area contributed by atoms with Crippen LogP contribution in [0, 0.1) is 23.2 Å². The van der Waals surface area contributed by atoms with Crippen molar-refractivity contribution >= 4 is 5.97 Å². The van der Waals surface area contributed by atoms with Crippen LogP contribution in [0.15, 0.2) is 22.8 Å². The normalized spacial score (nSPS) is 41.9. The van der Waals surface area contributed by atoms with Crippen molar-refractivity contribution in [2.45, 2.75) is 76.5 Å². The fourth-order valence-corrected chi connectivity index (χ4v) is 6.68. The smallest absolute Gasteiger partial charge is 0.310 e. The van der Waals surface area contributed by atoms with E-state index in [2.05, 4.69) is 25.8 Å². The number of hydrogen-bond acceptors (Lipinski definition) is 5. The van der Waals surface area contributed by atoms with Gasteiger partial charge in [-0.1, -0.05) is 6.92 Å². The zero-order valence-electron chi connectivity index (χ0n) is 18.1. The molecule has 7 atom stereocenters. The van der Waals surface area contributed by atoms with Crippen molar-refractivity contribution < 1.29 is 18.7 Å². The number of carbonyl (C=O) groups excluding carboxylic acids is 1. The van der Waals surface area contributed by atoms with Gasteiger partial charge in [-0.15, -0.1) is 0 Å². The lowest BCUT2D eigenvalue weighted by atomic mass is 9.53. The summed E-state index contributed by atoms with van der Waals surface area (Å²) in [4.78, 5) is 15.2. The van der Waals surface area contributed by atoms with Crippen LogP contribution in [0.1, 0.15) is 58.1 Å². The SMILES string of the molecule is C[C@H](CCc1ccco1)N(C)C[C@H]1C(=O)O[C@@H]2C[C@@]3(C)CCC[C@@]4(CO4)[C@@H]3C[C@@H]21. The highest BCUT2D eigenvalue weighted by atomic mass is 16.6. The number of hydrogen-bond donors (Lipinski definition) is 0. The third kappa shape index (κ3) is 3.44. The molecule has 3 heterocycles. The Labute approximate surface area is 174 Å². The third-order valence-corrected chi connectivity index (χ3v) is 8.71. The monoisotopic (exact) mass is 401 g/mol. The molecule has 160 valence electrons. The first kappa shape index (κ1) is 19.6. The summed E-state index contributed by atoms with van der Waals surface area (Å²) in [6.07, 6.45) is 9.60. The molecule has 0 amide bonds. The van der Waals surface area contributed by atoms with Crippen LogP contribution >= 0.6 is 0 Å². The summed E-state index contributed by atoms with van der Waals surface area (Å²) < 4.78 is 17.4. The van der Waals surface area contributed by atoms with Crippen LogP contribution in [-0.4, -0.2) is 48.8 Å². The summed E-state index contributed by atoms with van der Waals surface area (Å²) >= 11 is 0. The zero-order valence-corrected chi connectivity index (χ0v) is 18.1. The predicted molar refractivity (Wildman–Crippen MR) is 109 cm³/mol. The van der Waals surface area contributed by atoms with Crippen molar-refractivity contribution in [2.75, 3.05) is 20.2 Å². The van der Waals surface area contributed by atoms with Crippen molar-refractivity contribution in [3.05, 3.63) is 24.2 Å². The van der Waals surface area contributed by atoms with Crippen LogP contribution in [0.5, 0.6) is 0 Å². The van der Waals surface area contributed by atoms with Crippen LogP contribution < -0.4 is 0 Å². The van der Waals surface area contributed by atoms with Gasteiger partial charge in [0.25, 0.3) is 0 Å². The van der Waals surface area contributed by atoms with Gasteiger partial charge in [-0.3, -0.25) is 4.79 Å². The van der Waals surface area contributed by atoms with Gasteiger partial charge in [0.1, 0.15) is 11.9 Å². The first-order valence-corrected chi connectivity index (χ1v) is 11.5. The van der Waals surface area contributed by atoms with E-state index < -0.39 is 0 Å². The molecule has 4 aliphatic rings. The fourth-order valence-electron chi connectivity index (χ4n) is 6.68. The van der Waals surface area contributed by atoms with Crippen LogP contribution in [0.4, 0.5) is 0 Å². The lowest BCUT2D eigenvalue weighted by Gasteiger charge is -2.51. The average molecular weight is 402 g/mol. The van der Waals surface area contributed by atoms with Crippen molar-refractivity contribution in [2.24, 2.45) is 23.2 Å². The van der Waals surface area contributed by atoms with Crippen molar-refractivity contribution in [3.63, 3.8) is 0 Å². The molecular formula is C24H35NO4. The lowest BCUT2D eigenvalue weighted by Crippen LogP contribution is -2.51. The van der Waals surface area contributed by atoms with Gasteiger partial charge in [0, 0.05) is 24.9 Å². The van der Waals surface area contributed by atoms with E-state index in [-0.39, 0.29) is 29.0 Å². The van der Waals surface area contributed by atoms with E-state index in [1.807, 2.05) is 12.1 Å². The number of rotatable bonds is 6. The van der Waals surface area contributed by atoms with E-state index in [4.69, 9.17) is 13.9 Å². The molecule has 0 unspecified atom stereocenters. The number of furan rings is 1. The molecule has 0 radical (unpaired) electrons. The first-order valence-electron chi connectivity index (χ1n) is 11.5. The standard InChI is InChI=1S/C24H35NO4/c1-16(7-8-17-6-4-11-27-17)25(3)14-19-18-12-21-23(2,13-20(18)29-22(19)26)9-5-10-24(21)15-28-24/h4,6,11,16,18-21H,5,7-10,12-15H2,1-3H3/t16-,18-,19-,20-,21-,23-,24-/m1/s1. The second kappa shape index (κ2) is 7.12. The zero-order chi connectivity index (χ0) is 20.2. The van der Waals surface area contributed by atoms with Crippen molar-refractivity contribution in [3.8, 4) is 0 Å². The number of ether oxygens (including phenoxy) is 2. The Morgan fingerprint density at radius 2 is 2.17 bits per heavy atom. The minimum Gasteiger partial charge on any atom is -0.469 e. The molecule has 0 bridgehead atoms. The van der Waals surface area contributed by atoms with E-state index in [0.29, 0.717) is 17.9 Å². The fraction of sp³-hybridized carbons (Fsp3) is 0.792. The highest BCUT2D eigenvalue weighted by Gasteiger charge is 2.65. The Hall–Kier alpha value is -1.33. The molecule has 29 heavy (non-hydrogen) atoms. The maximum atomic E-state index is 12.8. The van der Waals surface area contributed by atoms with Crippen molar-refractivity contribution in [1.82, 2.24) is 4.90 Å². The van der Waals surface area contributed by atoms with Gasteiger partial charge in [-0.25, -0.2) is 0 Å². The van der Waals surface area contributed by atoms with Crippen molar-refractivity contribution in [1.29, 1.82) is 0 Å². The molecule has 2 saturated heterocycles. The Bertz CT molecular complexity index is 742. The van der Waals surface area contributed by atoms with E-state index in [1.54, 1.807) is 6.26 Å². The first-order chi connectivity index (χ1) is 13.9. The molecule has 1 aromatic heterocycles. The molecular weight excluding hydrogens is 366 g/mol. The minimum atomic E-state index is -0.00154. The predicted octanol–water partition coefficient (Wildman–Crippen LogP) is 4.06. The number of epoxide rings is 1. The summed E-state index contributed by atoms with van der Waals surface area (Å²) in [7, 11) is 2.15. The van der Waals surface area contributed by atoms with Crippen LogP contribution in [0.3, 0.4) is 0 Å². The molecule has 4 fully saturated rings. The topological polar surface area (TPSA) is 55.2 Å².